The fourth-order valence-electron chi connectivity index (χ4n) is 1.56. The van der Waals surface area contributed by atoms with Crippen LogP contribution >= 0.6 is 0 Å². The van der Waals surface area contributed by atoms with Crippen LogP contribution in [0.15, 0.2) is 28.7 Å². The van der Waals surface area contributed by atoms with Gasteiger partial charge in [-0.15, -0.1) is 0 Å². The summed E-state index contributed by atoms with van der Waals surface area (Å²) in [7, 11) is 1.58. The van der Waals surface area contributed by atoms with E-state index in [2.05, 4.69) is 4.98 Å². The molecule has 0 amide bonds. The van der Waals surface area contributed by atoms with Crippen molar-refractivity contribution in [1.82, 2.24) is 4.98 Å². The molecule has 1 aromatic heterocycles. The molecule has 0 aliphatic carbocycles. The van der Waals surface area contributed by atoms with Crippen molar-refractivity contribution in [2.45, 2.75) is 6.92 Å². The lowest BCUT2D eigenvalue weighted by Gasteiger charge is -2.04. The van der Waals surface area contributed by atoms with Crippen molar-refractivity contribution < 1.29 is 13.9 Å². The summed E-state index contributed by atoms with van der Waals surface area (Å²) in [5.74, 6) is 1.35. The van der Waals surface area contributed by atoms with Gasteiger partial charge in [-0.1, -0.05) is 12.1 Å². The van der Waals surface area contributed by atoms with Gasteiger partial charge in [0.1, 0.15) is 11.4 Å². The first kappa shape index (κ1) is 10.4. The Labute approximate surface area is 92.9 Å². The second-order valence-electron chi connectivity index (χ2n) is 3.26. The number of carbonyl (C=O) groups is 1. The zero-order chi connectivity index (χ0) is 11.5. The van der Waals surface area contributed by atoms with E-state index in [1.165, 1.54) is 0 Å². The molecule has 0 aliphatic heterocycles. The molecule has 1 heterocycles. The van der Waals surface area contributed by atoms with E-state index in [4.69, 9.17) is 9.15 Å². The lowest BCUT2D eigenvalue weighted by Crippen LogP contribution is -1.90. The minimum Gasteiger partial charge on any atom is -0.496 e. The summed E-state index contributed by atoms with van der Waals surface area (Å²) < 4.78 is 10.4. The first-order valence-corrected chi connectivity index (χ1v) is 4.82. The van der Waals surface area contributed by atoms with Crippen molar-refractivity contribution >= 4 is 6.29 Å². The fraction of sp³-hybridized carbons (Fsp3) is 0.167. The summed E-state index contributed by atoms with van der Waals surface area (Å²) >= 11 is 0. The number of para-hydroxylation sites is 1. The largest absolute Gasteiger partial charge is 0.496 e. The second kappa shape index (κ2) is 4.18. The number of aldehydes is 1. The van der Waals surface area contributed by atoms with Crippen molar-refractivity contribution in [1.29, 1.82) is 0 Å². The molecule has 4 nitrogen and oxygen atoms in total. The van der Waals surface area contributed by atoms with Gasteiger partial charge in [-0.2, -0.15) is 0 Å². The molecule has 2 aromatic rings. The normalized spacial score (nSPS) is 10.1. The number of aryl methyl sites for hydroxylation is 1. The van der Waals surface area contributed by atoms with Gasteiger partial charge < -0.3 is 9.15 Å². The van der Waals surface area contributed by atoms with Crippen LogP contribution in [0.1, 0.15) is 16.4 Å². The molecule has 82 valence electrons. The molecule has 0 saturated heterocycles. The molecule has 2 rings (SSSR count). The molecule has 0 N–H and O–H groups in total. The van der Waals surface area contributed by atoms with Crippen molar-refractivity contribution in [2.24, 2.45) is 0 Å². The summed E-state index contributed by atoms with van der Waals surface area (Å²) in [6.45, 7) is 1.70. The van der Waals surface area contributed by atoms with E-state index in [-0.39, 0.29) is 5.76 Å². The zero-order valence-electron chi connectivity index (χ0n) is 9.06. The van der Waals surface area contributed by atoms with E-state index in [0.717, 1.165) is 5.56 Å². The van der Waals surface area contributed by atoms with Gasteiger partial charge in [0.05, 0.1) is 7.11 Å². The maximum Gasteiger partial charge on any atom is 0.195 e. The number of hydrogen-bond acceptors (Lipinski definition) is 4. The Balaban J connectivity index is 2.61. The van der Waals surface area contributed by atoms with E-state index in [1.807, 2.05) is 24.3 Å². The number of benzene rings is 1. The van der Waals surface area contributed by atoms with E-state index in [9.17, 15) is 4.79 Å². The molecule has 0 fully saturated rings. The minimum atomic E-state index is 0.224. The summed E-state index contributed by atoms with van der Waals surface area (Å²) in [5, 5.41) is 0. The van der Waals surface area contributed by atoms with Crippen molar-refractivity contribution in [3.8, 4) is 17.0 Å². The highest BCUT2D eigenvalue weighted by molar-refractivity contribution is 5.84. The lowest BCUT2D eigenvalue weighted by atomic mass is 10.1. The van der Waals surface area contributed by atoms with E-state index >= 15 is 0 Å². The number of hydrogen-bond donors (Lipinski definition) is 0. The second-order valence-corrected chi connectivity index (χ2v) is 3.26. The SMILES string of the molecule is COc1ccccc1-c1nc(C)oc1C=O. The molecule has 0 aliphatic rings. The molecule has 0 saturated carbocycles. The molecule has 0 radical (unpaired) electrons. The van der Waals surface area contributed by atoms with Gasteiger partial charge in [-0.25, -0.2) is 4.98 Å². The Morgan fingerprint density at radius 1 is 1.38 bits per heavy atom. The lowest BCUT2D eigenvalue weighted by molar-refractivity contribution is 0.110. The molecule has 1 aromatic carbocycles. The van der Waals surface area contributed by atoms with Crippen molar-refractivity contribution in [2.75, 3.05) is 7.11 Å². The third-order valence-electron chi connectivity index (χ3n) is 2.23. The number of methoxy groups -OCH3 is 1. The maximum atomic E-state index is 10.8. The summed E-state index contributed by atoms with van der Waals surface area (Å²) in [5.41, 5.74) is 1.27. The standard InChI is InChI=1S/C12H11NO3/c1-8-13-12(11(7-14)16-8)9-5-3-4-6-10(9)15-2/h3-7H,1-2H3. The Bertz CT molecular complexity index is 517. The number of carbonyl (C=O) groups excluding carboxylic acids is 1. The number of ether oxygens (including phenoxy) is 1. The Kier molecular flexibility index (Phi) is 2.72. The first-order valence-electron chi connectivity index (χ1n) is 4.82. The zero-order valence-corrected chi connectivity index (χ0v) is 9.06. The van der Waals surface area contributed by atoms with Gasteiger partial charge in [-0.05, 0) is 12.1 Å². The third kappa shape index (κ3) is 1.69. The molecular formula is C12H11NO3. The Hall–Kier alpha value is -2.10. The fourth-order valence-corrected chi connectivity index (χ4v) is 1.56. The van der Waals surface area contributed by atoms with Crippen LogP contribution in [0.2, 0.25) is 0 Å². The van der Waals surface area contributed by atoms with Crippen LogP contribution in [0.3, 0.4) is 0 Å². The smallest absolute Gasteiger partial charge is 0.195 e. The minimum absolute atomic E-state index is 0.224. The number of nitrogens with zero attached hydrogens (tertiary/aromatic N) is 1. The molecule has 0 atom stereocenters. The molecule has 16 heavy (non-hydrogen) atoms. The molecule has 4 heteroatoms. The number of rotatable bonds is 3. The predicted molar refractivity (Wildman–Crippen MR) is 58.6 cm³/mol. The maximum absolute atomic E-state index is 10.8. The quantitative estimate of drug-likeness (QED) is 0.741. The summed E-state index contributed by atoms with van der Waals surface area (Å²) in [4.78, 5) is 15.0. The average molecular weight is 217 g/mol. The van der Waals surface area contributed by atoms with E-state index in [1.54, 1.807) is 14.0 Å². The number of aromatic nitrogens is 1. The molecule has 0 spiro atoms. The van der Waals surface area contributed by atoms with Crippen LogP contribution in [0, 0.1) is 6.92 Å². The highest BCUT2D eigenvalue weighted by atomic mass is 16.5. The van der Waals surface area contributed by atoms with Gasteiger partial charge >= 0.3 is 0 Å². The van der Waals surface area contributed by atoms with Gasteiger partial charge in [0.25, 0.3) is 0 Å². The van der Waals surface area contributed by atoms with Crippen LogP contribution in [-0.4, -0.2) is 18.4 Å². The van der Waals surface area contributed by atoms with Gasteiger partial charge in [0, 0.05) is 12.5 Å². The topological polar surface area (TPSA) is 52.3 Å². The molecule has 0 bridgehead atoms. The van der Waals surface area contributed by atoms with Crippen molar-refractivity contribution in [3.63, 3.8) is 0 Å². The Morgan fingerprint density at radius 2 is 2.12 bits per heavy atom. The van der Waals surface area contributed by atoms with Crippen LogP contribution in [0.25, 0.3) is 11.3 Å². The first-order chi connectivity index (χ1) is 7.76. The van der Waals surface area contributed by atoms with Gasteiger partial charge in [0.15, 0.2) is 17.9 Å². The molecule has 0 unspecified atom stereocenters. The van der Waals surface area contributed by atoms with Crippen molar-refractivity contribution in [3.05, 3.63) is 35.9 Å². The van der Waals surface area contributed by atoms with E-state index < -0.39 is 0 Å². The third-order valence-corrected chi connectivity index (χ3v) is 2.23. The highest BCUT2D eigenvalue weighted by Gasteiger charge is 2.15. The highest BCUT2D eigenvalue weighted by Crippen LogP contribution is 2.30. The average Bonchev–Trinajstić information content (AvgIpc) is 2.70. The van der Waals surface area contributed by atoms with Crippen LogP contribution in [0.4, 0.5) is 0 Å². The van der Waals surface area contributed by atoms with E-state index in [0.29, 0.717) is 23.6 Å². The predicted octanol–water partition coefficient (Wildman–Crippen LogP) is 2.47. The molecular weight excluding hydrogens is 206 g/mol. The van der Waals surface area contributed by atoms with Crippen LogP contribution in [-0.2, 0) is 0 Å². The van der Waals surface area contributed by atoms with Gasteiger partial charge in [-0.3, -0.25) is 4.79 Å². The van der Waals surface area contributed by atoms with Crippen LogP contribution in [0.5, 0.6) is 5.75 Å². The summed E-state index contributed by atoms with van der Waals surface area (Å²) in [6.07, 6.45) is 0.655. The monoisotopic (exact) mass is 217 g/mol. The van der Waals surface area contributed by atoms with Crippen LogP contribution < -0.4 is 4.74 Å². The number of oxazole rings is 1. The summed E-state index contributed by atoms with van der Waals surface area (Å²) in [6, 6.07) is 7.36. The Morgan fingerprint density at radius 3 is 2.81 bits per heavy atom. The van der Waals surface area contributed by atoms with Gasteiger partial charge in [0.2, 0.25) is 0 Å².